The number of hydrazine groups is 1. The Hall–Kier alpha value is -0.0800. The standard InChI is InChI=1S/C11H26N2/c1-9(2)10(3,4)11(5,6)13(8)12-7/h9,12H,1-8H3. The molecule has 1 N–H and O–H groups in total. The van der Waals surface area contributed by atoms with Gasteiger partial charge in [0.15, 0.2) is 0 Å². The molecule has 80 valence electrons. The second kappa shape index (κ2) is 3.97. The molecule has 0 saturated carbocycles. The molecule has 2 heteroatoms. The monoisotopic (exact) mass is 186 g/mol. The zero-order chi connectivity index (χ0) is 10.9. The molecule has 0 aromatic rings. The fourth-order valence-corrected chi connectivity index (χ4v) is 1.42. The van der Waals surface area contributed by atoms with Gasteiger partial charge in [0.25, 0.3) is 0 Å². The van der Waals surface area contributed by atoms with E-state index < -0.39 is 0 Å². The van der Waals surface area contributed by atoms with Crippen LogP contribution in [0.2, 0.25) is 0 Å². The first kappa shape index (κ1) is 12.9. The molecule has 0 saturated heterocycles. The summed E-state index contributed by atoms with van der Waals surface area (Å²) in [5.41, 5.74) is 3.63. The summed E-state index contributed by atoms with van der Waals surface area (Å²) in [5.74, 6) is 0.665. The van der Waals surface area contributed by atoms with Gasteiger partial charge in [0.1, 0.15) is 0 Å². The topological polar surface area (TPSA) is 15.3 Å². The van der Waals surface area contributed by atoms with Gasteiger partial charge in [-0.2, -0.15) is 0 Å². The van der Waals surface area contributed by atoms with Gasteiger partial charge in [-0.15, -0.1) is 0 Å². The summed E-state index contributed by atoms with van der Waals surface area (Å²) in [6.07, 6.45) is 0. The van der Waals surface area contributed by atoms with Crippen molar-refractivity contribution in [1.82, 2.24) is 10.4 Å². The zero-order valence-corrected chi connectivity index (χ0v) is 10.5. The molecule has 0 bridgehead atoms. The molecular weight excluding hydrogens is 160 g/mol. The van der Waals surface area contributed by atoms with E-state index in [1.165, 1.54) is 0 Å². The SMILES string of the molecule is CNN(C)C(C)(C)C(C)(C)C(C)C. The lowest BCUT2D eigenvalue weighted by Gasteiger charge is -2.49. The van der Waals surface area contributed by atoms with Crippen molar-refractivity contribution in [3.63, 3.8) is 0 Å². The number of hydrogen-bond acceptors (Lipinski definition) is 2. The molecule has 0 amide bonds. The van der Waals surface area contributed by atoms with E-state index in [1.54, 1.807) is 0 Å². The van der Waals surface area contributed by atoms with E-state index in [0.29, 0.717) is 5.92 Å². The molecule has 0 aliphatic carbocycles. The van der Waals surface area contributed by atoms with Gasteiger partial charge in [-0.05, 0) is 32.2 Å². The predicted octanol–water partition coefficient (Wildman–Crippen LogP) is 2.51. The predicted molar refractivity (Wildman–Crippen MR) is 59.5 cm³/mol. The lowest BCUT2D eigenvalue weighted by atomic mass is 9.67. The second-order valence-corrected chi connectivity index (χ2v) is 5.22. The lowest BCUT2D eigenvalue weighted by Crippen LogP contribution is -2.58. The fourth-order valence-electron chi connectivity index (χ4n) is 1.42. The molecule has 13 heavy (non-hydrogen) atoms. The van der Waals surface area contributed by atoms with Crippen molar-refractivity contribution in [2.45, 2.75) is 47.1 Å². The maximum Gasteiger partial charge on any atom is 0.0348 e. The average molecular weight is 186 g/mol. The van der Waals surface area contributed by atoms with Crippen LogP contribution in [-0.4, -0.2) is 24.6 Å². The van der Waals surface area contributed by atoms with Crippen molar-refractivity contribution in [2.75, 3.05) is 14.1 Å². The summed E-state index contributed by atoms with van der Waals surface area (Å²) < 4.78 is 0. The van der Waals surface area contributed by atoms with E-state index in [2.05, 4.69) is 59.0 Å². The van der Waals surface area contributed by atoms with Gasteiger partial charge in [0.2, 0.25) is 0 Å². The smallest absolute Gasteiger partial charge is 0.0348 e. The van der Waals surface area contributed by atoms with Crippen LogP contribution in [0.5, 0.6) is 0 Å². The maximum absolute atomic E-state index is 3.20. The van der Waals surface area contributed by atoms with Gasteiger partial charge >= 0.3 is 0 Å². The fraction of sp³-hybridized carbons (Fsp3) is 1.00. The number of rotatable bonds is 4. The molecule has 0 fully saturated rings. The summed E-state index contributed by atoms with van der Waals surface area (Å²) >= 11 is 0. The van der Waals surface area contributed by atoms with Gasteiger partial charge < -0.3 is 0 Å². The number of nitrogens with one attached hydrogen (secondary N) is 1. The van der Waals surface area contributed by atoms with E-state index in [9.17, 15) is 0 Å². The Balaban J connectivity index is 4.80. The number of hydrogen-bond donors (Lipinski definition) is 1. The molecule has 0 unspecified atom stereocenters. The molecule has 0 atom stereocenters. The Kier molecular flexibility index (Phi) is 3.95. The van der Waals surface area contributed by atoms with Crippen LogP contribution in [0.1, 0.15) is 41.5 Å². The lowest BCUT2D eigenvalue weighted by molar-refractivity contribution is -0.0268. The minimum atomic E-state index is 0.149. The van der Waals surface area contributed by atoms with E-state index in [1.807, 2.05) is 7.05 Å². The highest BCUT2D eigenvalue weighted by Crippen LogP contribution is 2.40. The third kappa shape index (κ3) is 2.23. The van der Waals surface area contributed by atoms with Crippen LogP contribution in [-0.2, 0) is 0 Å². The summed E-state index contributed by atoms with van der Waals surface area (Å²) in [6, 6.07) is 0. The highest BCUT2D eigenvalue weighted by atomic mass is 15.5. The number of nitrogens with zero attached hydrogens (tertiary/aromatic N) is 1. The third-order valence-corrected chi connectivity index (χ3v) is 4.19. The second-order valence-electron chi connectivity index (χ2n) is 5.22. The molecule has 0 radical (unpaired) electrons. The Bertz CT molecular complexity index is 159. The highest BCUT2D eigenvalue weighted by molar-refractivity contribution is 4.94. The van der Waals surface area contributed by atoms with E-state index >= 15 is 0 Å². The van der Waals surface area contributed by atoms with Crippen molar-refractivity contribution < 1.29 is 0 Å². The van der Waals surface area contributed by atoms with Crippen LogP contribution in [0.25, 0.3) is 0 Å². The maximum atomic E-state index is 3.20. The quantitative estimate of drug-likeness (QED) is 0.679. The van der Waals surface area contributed by atoms with Crippen LogP contribution in [0.3, 0.4) is 0 Å². The molecule has 0 aliphatic rings. The molecule has 0 spiro atoms. The summed E-state index contributed by atoms with van der Waals surface area (Å²) in [5, 5.41) is 2.19. The summed E-state index contributed by atoms with van der Waals surface area (Å²) in [7, 11) is 4.07. The van der Waals surface area contributed by atoms with Crippen LogP contribution in [0.15, 0.2) is 0 Å². The minimum absolute atomic E-state index is 0.149. The summed E-state index contributed by atoms with van der Waals surface area (Å²) in [6.45, 7) is 13.8. The zero-order valence-electron chi connectivity index (χ0n) is 10.5. The van der Waals surface area contributed by atoms with E-state index in [4.69, 9.17) is 0 Å². The molecular formula is C11H26N2. The van der Waals surface area contributed by atoms with Crippen molar-refractivity contribution in [3.8, 4) is 0 Å². The van der Waals surface area contributed by atoms with Gasteiger partial charge in [-0.1, -0.05) is 27.7 Å². The van der Waals surface area contributed by atoms with Crippen LogP contribution in [0.4, 0.5) is 0 Å². The van der Waals surface area contributed by atoms with E-state index in [0.717, 1.165) is 0 Å². The van der Waals surface area contributed by atoms with Gasteiger partial charge in [-0.25, -0.2) is 5.01 Å². The first-order valence-corrected chi connectivity index (χ1v) is 5.09. The Morgan fingerprint density at radius 2 is 1.46 bits per heavy atom. The highest BCUT2D eigenvalue weighted by Gasteiger charge is 2.41. The molecule has 2 nitrogen and oxygen atoms in total. The molecule has 0 aliphatic heterocycles. The van der Waals surface area contributed by atoms with Crippen molar-refractivity contribution in [1.29, 1.82) is 0 Å². The normalized spacial score (nSPS) is 14.3. The Morgan fingerprint density at radius 1 is 1.08 bits per heavy atom. The Labute approximate surface area is 83.7 Å². The van der Waals surface area contributed by atoms with Gasteiger partial charge in [0, 0.05) is 12.6 Å². The Morgan fingerprint density at radius 3 is 1.69 bits per heavy atom. The van der Waals surface area contributed by atoms with Gasteiger partial charge in [-0.3, -0.25) is 5.43 Å². The van der Waals surface area contributed by atoms with Gasteiger partial charge in [0.05, 0.1) is 0 Å². The van der Waals surface area contributed by atoms with Crippen LogP contribution >= 0.6 is 0 Å². The molecule has 0 heterocycles. The van der Waals surface area contributed by atoms with Crippen molar-refractivity contribution >= 4 is 0 Å². The molecule has 0 rings (SSSR count). The minimum Gasteiger partial charge on any atom is -0.258 e. The first-order valence-electron chi connectivity index (χ1n) is 5.09. The van der Waals surface area contributed by atoms with Crippen molar-refractivity contribution in [2.24, 2.45) is 11.3 Å². The first-order chi connectivity index (χ1) is 5.67. The van der Waals surface area contributed by atoms with Crippen LogP contribution in [0, 0.1) is 11.3 Å². The van der Waals surface area contributed by atoms with Crippen molar-refractivity contribution in [3.05, 3.63) is 0 Å². The summed E-state index contributed by atoms with van der Waals surface area (Å²) in [4.78, 5) is 0. The third-order valence-electron chi connectivity index (χ3n) is 4.19. The average Bonchev–Trinajstić information content (AvgIpc) is 2.02. The largest absolute Gasteiger partial charge is 0.258 e. The van der Waals surface area contributed by atoms with Crippen LogP contribution < -0.4 is 5.43 Å². The van der Waals surface area contributed by atoms with E-state index in [-0.39, 0.29) is 11.0 Å². The molecule has 0 aromatic heterocycles. The molecule has 0 aromatic carbocycles.